The molecule has 2 aromatic rings. The minimum Gasteiger partial charge on any atom is -0.366 e. The van der Waals surface area contributed by atoms with E-state index in [2.05, 4.69) is 31.5 Å². The Hall–Kier alpha value is -2.71. The molecule has 0 atom stereocenters. The van der Waals surface area contributed by atoms with Crippen LogP contribution in [0.15, 0.2) is 54.4 Å². The molecule has 2 rings (SSSR count). The van der Waals surface area contributed by atoms with E-state index in [1.165, 1.54) is 18.3 Å². The molecule has 2 amide bonds. The summed E-state index contributed by atoms with van der Waals surface area (Å²) in [6.07, 6.45) is 2.75. The number of carbonyl (C=O) groups is 2. The summed E-state index contributed by atoms with van der Waals surface area (Å²) in [5.41, 5.74) is 5.72. The molecule has 1 aromatic carbocycles. The Morgan fingerprint density at radius 1 is 1.20 bits per heavy atom. The summed E-state index contributed by atoms with van der Waals surface area (Å²) < 4.78 is -0.0413. The molecule has 0 saturated heterocycles. The summed E-state index contributed by atoms with van der Waals surface area (Å²) in [4.78, 5) is 28.1. The number of benzene rings is 1. The molecule has 9 heteroatoms. The monoisotopic (exact) mass is 421 g/mol. The van der Waals surface area contributed by atoms with Crippen molar-refractivity contribution in [1.29, 1.82) is 5.41 Å². The number of nitrogens with zero attached hydrogens (tertiary/aromatic N) is 1. The van der Waals surface area contributed by atoms with E-state index in [0.717, 1.165) is 0 Å². The fourth-order valence-electron chi connectivity index (χ4n) is 1.89. The Labute approximate surface area is 156 Å². The van der Waals surface area contributed by atoms with Crippen molar-refractivity contribution >= 4 is 55.5 Å². The van der Waals surface area contributed by atoms with Crippen molar-refractivity contribution in [3.8, 4) is 0 Å². The van der Waals surface area contributed by atoms with Gasteiger partial charge in [0.2, 0.25) is 0 Å². The average molecular weight is 423 g/mol. The molecule has 5 N–H and O–H groups in total. The highest BCUT2D eigenvalue weighted by molar-refractivity contribution is 9.18. The number of anilines is 2. The molecular formula is C16H13BrClN5O2. The molecule has 0 aliphatic carbocycles. The molecule has 0 unspecified atom stereocenters. The molecule has 0 fully saturated rings. The lowest BCUT2D eigenvalue weighted by molar-refractivity contribution is -0.112. The van der Waals surface area contributed by atoms with Gasteiger partial charge in [-0.15, -0.1) is 0 Å². The molecule has 0 radical (unpaired) electrons. The Balaban J connectivity index is 2.30. The molecule has 1 heterocycles. The summed E-state index contributed by atoms with van der Waals surface area (Å²) in [6, 6.07) is 9.58. The lowest BCUT2D eigenvalue weighted by atomic mass is 10.1. The second-order valence-corrected chi connectivity index (χ2v) is 5.99. The smallest absolute Gasteiger partial charge is 0.272 e. The van der Waals surface area contributed by atoms with Crippen molar-refractivity contribution in [3.63, 3.8) is 0 Å². The highest BCUT2D eigenvalue weighted by Crippen LogP contribution is 2.21. The standard InChI is InChI=1S/C16H13BrClN5O2/c17-13(19)8-12(22-15-10(18)5-3-7-21-15)16(25)23-11-6-2-1-4-9(11)14(20)24/h1-8,19H,(H2,20,24)(H,21,22)(H,23,25)/b12-8-,19-13?. The van der Waals surface area contributed by atoms with Gasteiger partial charge in [0.1, 0.15) is 11.5 Å². The summed E-state index contributed by atoms with van der Waals surface area (Å²) in [7, 11) is 0. The van der Waals surface area contributed by atoms with Crippen LogP contribution in [0.4, 0.5) is 11.5 Å². The number of amides is 2. The predicted molar refractivity (Wildman–Crippen MR) is 101 cm³/mol. The van der Waals surface area contributed by atoms with Gasteiger partial charge < -0.3 is 16.4 Å². The maximum absolute atomic E-state index is 12.6. The number of para-hydroxylation sites is 1. The van der Waals surface area contributed by atoms with Crippen LogP contribution in [0.2, 0.25) is 5.02 Å². The van der Waals surface area contributed by atoms with Crippen LogP contribution in [-0.2, 0) is 4.79 Å². The molecule has 0 spiro atoms. The number of primary amides is 1. The normalized spacial score (nSPS) is 10.9. The first-order valence-corrected chi connectivity index (χ1v) is 8.09. The number of carbonyl (C=O) groups excluding carboxylic acids is 2. The highest BCUT2D eigenvalue weighted by Gasteiger charge is 2.16. The molecule has 128 valence electrons. The molecule has 0 bridgehead atoms. The van der Waals surface area contributed by atoms with Crippen molar-refractivity contribution in [2.24, 2.45) is 5.73 Å². The maximum Gasteiger partial charge on any atom is 0.272 e. The quantitative estimate of drug-likeness (QED) is 0.422. The van der Waals surface area contributed by atoms with Crippen molar-refractivity contribution < 1.29 is 9.59 Å². The van der Waals surface area contributed by atoms with Crippen molar-refractivity contribution in [3.05, 3.63) is 65.0 Å². The molecular weight excluding hydrogens is 410 g/mol. The van der Waals surface area contributed by atoms with Crippen LogP contribution in [0.25, 0.3) is 0 Å². The van der Waals surface area contributed by atoms with Crippen LogP contribution in [-0.4, -0.2) is 21.4 Å². The Morgan fingerprint density at radius 3 is 2.56 bits per heavy atom. The topological polar surface area (TPSA) is 121 Å². The third kappa shape index (κ3) is 5.13. The van der Waals surface area contributed by atoms with Crippen LogP contribution >= 0.6 is 27.5 Å². The van der Waals surface area contributed by atoms with Gasteiger partial charge in [0, 0.05) is 6.20 Å². The molecule has 0 aliphatic rings. The van der Waals surface area contributed by atoms with Gasteiger partial charge in [0.25, 0.3) is 11.8 Å². The number of allylic oxidation sites excluding steroid dienone is 1. The van der Waals surface area contributed by atoms with Gasteiger partial charge in [-0.2, -0.15) is 0 Å². The molecule has 0 aliphatic heterocycles. The minimum atomic E-state index is -0.671. The van der Waals surface area contributed by atoms with E-state index in [4.69, 9.17) is 22.7 Å². The van der Waals surface area contributed by atoms with Crippen LogP contribution in [0.5, 0.6) is 0 Å². The van der Waals surface area contributed by atoms with Gasteiger partial charge in [-0.3, -0.25) is 15.0 Å². The fraction of sp³-hybridized carbons (Fsp3) is 0. The number of aromatic nitrogens is 1. The molecule has 7 nitrogen and oxygen atoms in total. The predicted octanol–water partition coefficient (Wildman–Crippen LogP) is 3.14. The van der Waals surface area contributed by atoms with Crippen LogP contribution in [0, 0.1) is 5.41 Å². The number of nitrogens with two attached hydrogens (primary N) is 1. The number of halogens is 2. The van der Waals surface area contributed by atoms with Crippen LogP contribution in [0.3, 0.4) is 0 Å². The summed E-state index contributed by atoms with van der Waals surface area (Å²) in [5.74, 6) is -1.02. The summed E-state index contributed by atoms with van der Waals surface area (Å²) >= 11 is 8.98. The maximum atomic E-state index is 12.6. The number of hydrogen-bond donors (Lipinski definition) is 4. The fourth-order valence-corrected chi connectivity index (χ4v) is 2.28. The number of hydrogen-bond acceptors (Lipinski definition) is 5. The number of rotatable bonds is 6. The second kappa shape index (κ2) is 8.41. The van der Waals surface area contributed by atoms with Gasteiger partial charge in [-0.1, -0.05) is 23.7 Å². The lowest BCUT2D eigenvalue weighted by Crippen LogP contribution is -2.23. The largest absolute Gasteiger partial charge is 0.366 e. The average Bonchev–Trinajstić information content (AvgIpc) is 2.56. The zero-order valence-electron chi connectivity index (χ0n) is 12.7. The Kier molecular flexibility index (Phi) is 6.26. The van der Waals surface area contributed by atoms with Gasteiger partial charge in [0.15, 0.2) is 0 Å². The number of pyridine rings is 1. The first kappa shape index (κ1) is 18.6. The first-order valence-electron chi connectivity index (χ1n) is 6.92. The zero-order chi connectivity index (χ0) is 18.4. The third-order valence-electron chi connectivity index (χ3n) is 2.97. The Morgan fingerprint density at radius 2 is 1.92 bits per heavy atom. The first-order chi connectivity index (χ1) is 11.9. The summed E-state index contributed by atoms with van der Waals surface area (Å²) in [5, 5.41) is 13.2. The number of nitrogens with one attached hydrogen (secondary N) is 3. The van der Waals surface area contributed by atoms with E-state index in [0.29, 0.717) is 5.02 Å². The van der Waals surface area contributed by atoms with E-state index in [9.17, 15) is 9.59 Å². The van der Waals surface area contributed by atoms with Crippen molar-refractivity contribution in [2.75, 3.05) is 10.6 Å². The highest BCUT2D eigenvalue weighted by atomic mass is 79.9. The molecule has 25 heavy (non-hydrogen) atoms. The SMILES string of the molecule is N=C(Br)/C=C(\Nc1ncccc1Cl)C(=O)Nc1ccccc1C(N)=O. The lowest BCUT2D eigenvalue weighted by Gasteiger charge is -2.13. The van der Waals surface area contributed by atoms with Gasteiger partial charge in [0.05, 0.1) is 20.9 Å². The Bertz CT molecular complexity index is 869. The second-order valence-electron chi connectivity index (χ2n) is 4.73. The van der Waals surface area contributed by atoms with E-state index in [1.807, 2.05) is 0 Å². The van der Waals surface area contributed by atoms with E-state index in [-0.39, 0.29) is 27.4 Å². The van der Waals surface area contributed by atoms with Gasteiger partial charge >= 0.3 is 0 Å². The van der Waals surface area contributed by atoms with Gasteiger partial charge in [-0.25, -0.2) is 4.98 Å². The van der Waals surface area contributed by atoms with Gasteiger partial charge in [-0.05, 0) is 46.3 Å². The molecule has 1 aromatic heterocycles. The van der Waals surface area contributed by atoms with Crippen molar-refractivity contribution in [2.45, 2.75) is 0 Å². The summed E-state index contributed by atoms with van der Waals surface area (Å²) in [6.45, 7) is 0. The van der Waals surface area contributed by atoms with E-state index >= 15 is 0 Å². The zero-order valence-corrected chi connectivity index (χ0v) is 15.1. The van der Waals surface area contributed by atoms with Crippen molar-refractivity contribution in [1.82, 2.24) is 4.98 Å². The van der Waals surface area contributed by atoms with E-state index in [1.54, 1.807) is 30.3 Å². The van der Waals surface area contributed by atoms with Crippen LogP contribution < -0.4 is 16.4 Å². The van der Waals surface area contributed by atoms with E-state index < -0.39 is 11.8 Å². The molecule has 0 saturated carbocycles. The van der Waals surface area contributed by atoms with Crippen LogP contribution in [0.1, 0.15) is 10.4 Å². The third-order valence-corrected chi connectivity index (χ3v) is 3.50. The minimum absolute atomic E-state index is 0.00162.